The number of aromatic nitrogens is 2. The Hall–Kier alpha value is -0.810. The molecule has 0 saturated carbocycles. The average molecular weight is 225 g/mol. The SMILES string of the molecule is CCCSc1nc(N)c2ccsc2n1. The molecular weight excluding hydrogens is 214 g/mol. The monoisotopic (exact) mass is 225 g/mol. The van der Waals surface area contributed by atoms with Crippen LogP contribution in [0.15, 0.2) is 16.6 Å². The zero-order chi connectivity index (χ0) is 9.97. The quantitative estimate of drug-likeness (QED) is 0.644. The Kier molecular flexibility index (Phi) is 2.88. The molecule has 2 aromatic heterocycles. The minimum atomic E-state index is 0.592. The van der Waals surface area contributed by atoms with Crippen LogP contribution in [-0.2, 0) is 0 Å². The number of rotatable bonds is 3. The van der Waals surface area contributed by atoms with E-state index in [1.165, 1.54) is 0 Å². The van der Waals surface area contributed by atoms with Crippen molar-refractivity contribution in [1.82, 2.24) is 9.97 Å². The molecule has 2 heterocycles. The van der Waals surface area contributed by atoms with Crippen molar-refractivity contribution >= 4 is 39.1 Å². The molecule has 0 spiro atoms. The standard InChI is InChI=1S/C9H11N3S2/c1-2-4-14-9-11-7(10)6-3-5-13-8(6)12-9/h3,5H,2,4H2,1H3,(H2,10,11,12). The highest BCUT2D eigenvalue weighted by Gasteiger charge is 2.05. The lowest BCUT2D eigenvalue weighted by Gasteiger charge is -2.00. The van der Waals surface area contributed by atoms with E-state index in [1.54, 1.807) is 23.1 Å². The number of nitrogens with two attached hydrogens (primary N) is 1. The first-order valence-electron chi connectivity index (χ1n) is 4.44. The normalized spacial score (nSPS) is 10.9. The number of hydrogen-bond donors (Lipinski definition) is 1. The van der Waals surface area contributed by atoms with Crippen LogP contribution in [0.3, 0.4) is 0 Å². The Morgan fingerprint density at radius 2 is 2.36 bits per heavy atom. The molecule has 0 radical (unpaired) electrons. The van der Waals surface area contributed by atoms with E-state index in [2.05, 4.69) is 16.9 Å². The van der Waals surface area contributed by atoms with Crippen molar-refractivity contribution in [2.24, 2.45) is 0 Å². The summed E-state index contributed by atoms with van der Waals surface area (Å²) in [7, 11) is 0. The molecular formula is C9H11N3S2. The summed E-state index contributed by atoms with van der Waals surface area (Å²) < 4.78 is 0. The van der Waals surface area contributed by atoms with Gasteiger partial charge in [0.15, 0.2) is 5.16 Å². The van der Waals surface area contributed by atoms with Gasteiger partial charge in [0.1, 0.15) is 10.6 Å². The second-order valence-electron chi connectivity index (χ2n) is 2.88. The molecule has 5 heteroatoms. The molecule has 0 amide bonds. The van der Waals surface area contributed by atoms with Gasteiger partial charge in [-0.05, 0) is 17.9 Å². The molecule has 3 nitrogen and oxygen atoms in total. The molecule has 0 bridgehead atoms. The lowest BCUT2D eigenvalue weighted by atomic mass is 10.4. The second kappa shape index (κ2) is 4.14. The number of nitrogens with zero attached hydrogens (tertiary/aromatic N) is 2. The highest BCUT2D eigenvalue weighted by Crippen LogP contribution is 2.26. The van der Waals surface area contributed by atoms with Crippen LogP contribution >= 0.6 is 23.1 Å². The van der Waals surface area contributed by atoms with Crippen LogP contribution in [0, 0.1) is 0 Å². The van der Waals surface area contributed by atoms with Crippen molar-refractivity contribution < 1.29 is 0 Å². The lowest BCUT2D eigenvalue weighted by Crippen LogP contribution is -1.95. The van der Waals surface area contributed by atoms with Crippen LogP contribution in [-0.4, -0.2) is 15.7 Å². The summed E-state index contributed by atoms with van der Waals surface area (Å²) in [6.07, 6.45) is 1.12. The number of hydrogen-bond acceptors (Lipinski definition) is 5. The van der Waals surface area contributed by atoms with Crippen LogP contribution in [0.4, 0.5) is 5.82 Å². The average Bonchev–Trinajstić information content (AvgIpc) is 2.63. The molecule has 0 aromatic carbocycles. The molecule has 14 heavy (non-hydrogen) atoms. The minimum Gasteiger partial charge on any atom is -0.383 e. The summed E-state index contributed by atoms with van der Waals surface area (Å²) in [5.74, 6) is 1.63. The number of anilines is 1. The molecule has 0 fully saturated rings. The molecule has 0 aliphatic carbocycles. The molecule has 74 valence electrons. The van der Waals surface area contributed by atoms with Gasteiger partial charge in [-0.1, -0.05) is 18.7 Å². The Morgan fingerprint density at radius 3 is 3.14 bits per heavy atom. The summed E-state index contributed by atoms with van der Waals surface area (Å²) in [6.45, 7) is 2.14. The maximum absolute atomic E-state index is 5.82. The zero-order valence-electron chi connectivity index (χ0n) is 7.86. The van der Waals surface area contributed by atoms with Gasteiger partial charge in [0.2, 0.25) is 0 Å². The van der Waals surface area contributed by atoms with Crippen molar-refractivity contribution in [2.45, 2.75) is 18.5 Å². The molecule has 0 atom stereocenters. The van der Waals surface area contributed by atoms with E-state index in [0.717, 1.165) is 27.5 Å². The second-order valence-corrected chi connectivity index (χ2v) is 4.84. The molecule has 0 aliphatic heterocycles. The summed E-state index contributed by atoms with van der Waals surface area (Å²) >= 11 is 3.26. The molecule has 2 aromatic rings. The van der Waals surface area contributed by atoms with Crippen LogP contribution in [0.1, 0.15) is 13.3 Å². The van der Waals surface area contributed by atoms with Gasteiger partial charge in [0.25, 0.3) is 0 Å². The van der Waals surface area contributed by atoms with E-state index < -0.39 is 0 Å². The fourth-order valence-electron chi connectivity index (χ4n) is 1.12. The van der Waals surface area contributed by atoms with E-state index in [-0.39, 0.29) is 0 Å². The van der Waals surface area contributed by atoms with Gasteiger partial charge < -0.3 is 5.73 Å². The number of thioether (sulfide) groups is 1. The van der Waals surface area contributed by atoms with Gasteiger partial charge in [-0.3, -0.25) is 0 Å². The van der Waals surface area contributed by atoms with Gasteiger partial charge >= 0.3 is 0 Å². The third-order valence-corrected chi connectivity index (χ3v) is 3.63. The van der Waals surface area contributed by atoms with Crippen molar-refractivity contribution in [3.8, 4) is 0 Å². The van der Waals surface area contributed by atoms with Crippen molar-refractivity contribution in [3.05, 3.63) is 11.4 Å². The Morgan fingerprint density at radius 1 is 1.50 bits per heavy atom. The van der Waals surface area contributed by atoms with Crippen LogP contribution in [0.2, 0.25) is 0 Å². The largest absolute Gasteiger partial charge is 0.383 e. The zero-order valence-corrected chi connectivity index (χ0v) is 9.49. The van der Waals surface area contributed by atoms with Gasteiger partial charge in [-0.2, -0.15) is 0 Å². The molecule has 0 aliphatic rings. The van der Waals surface area contributed by atoms with Gasteiger partial charge in [-0.25, -0.2) is 9.97 Å². The van der Waals surface area contributed by atoms with E-state index in [4.69, 9.17) is 5.73 Å². The molecule has 2 rings (SSSR count). The lowest BCUT2D eigenvalue weighted by molar-refractivity contribution is 1.01. The van der Waals surface area contributed by atoms with E-state index in [9.17, 15) is 0 Å². The van der Waals surface area contributed by atoms with Crippen LogP contribution < -0.4 is 5.73 Å². The topological polar surface area (TPSA) is 51.8 Å². The van der Waals surface area contributed by atoms with Crippen LogP contribution in [0.5, 0.6) is 0 Å². The van der Waals surface area contributed by atoms with E-state index in [0.29, 0.717) is 5.82 Å². The highest BCUT2D eigenvalue weighted by molar-refractivity contribution is 7.99. The van der Waals surface area contributed by atoms with Crippen molar-refractivity contribution in [1.29, 1.82) is 0 Å². The van der Waals surface area contributed by atoms with E-state index in [1.807, 2.05) is 11.4 Å². The van der Waals surface area contributed by atoms with Gasteiger partial charge in [-0.15, -0.1) is 11.3 Å². The van der Waals surface area contributed by atoms with Gasteiger partial charge in [0, 0.05) is 5.75 Å². The Bertz CT molecular complexity index is 439. The Balaban J connectivity index is 2.38. The fraction of sp³-hybridized carbons (Fsp3) is 0.333. The molecule has 2 N–H and O–H groups in total. The maximum Gasteiger partial charge on any atom is 0.190 e. The van der Waals surface area contributed by atoms with Crippen molar-refractivity contribution in [3.63, 3.8) is 0 Å². The van der Waals surface area contributed by atoms with E-state index >= 15 is 0 Å². The molecule has 0 saturated heterocycles. The first kappa shape index (κ1) is 9.73. The predicted molar refractivity (Wildman–Crippen MR) is 62.8 cm³/mol. The number of fused-ring (bicyclic) bond motifs is 1. The first-order chi connectivity index (χ1) is 6.81. The summed E-state index contributed by atoms with van der Waals surface area (Å²) in [5, 5.41) is 3.75. The first-order valence-corrected chi connectivity index (χ1v) is 6.31. The minimum absolute atomic E-state index is 0.592. The number of thiophene rings is 1. The maximum atomic E-state index is 5.82. The van der Waals surface area contributed by atoms with Gasteiger partial charge in [0.05, 0.1) is 5.39 Å². The summed E-state index contributed by atoms with van der Waals surface area (Å²) in [6, 6.07) is 1.96. The molecule has 0 unspecified atom stereocenters. The predicted octanol–water partition coefficient (Wildman–Crippen LogP) is 2.78. The summed E-state index contributed by atoms with van der Waals surface area (Å²) in [4.78, 5) is 9.65. The highest BCUT2D eigenvalue weighted by atomic mass is 32.2. The smallest absolute Gasteiger partial charge is 0.190 e. The Labute approximate surface area is 90.8 Å². The van der Waals surface area contributed by atoms with Crippen molar-refractivity contribution in [2.75, 3.05) is 11.5 Å². The summed E-state index contributed by atoms with van der Waals surface area (Å²) in [5.41, 5.74) is 5.82. The number of nitrogen functional groups attached to an aromatic ring is 1. The van der Waals surface area contributed by atoms with Crippen LogP contribution in [0.25, 0.3) is 10.2 Å². The third-order valence-electron chi connectivity index (χ3n) is 1.77. The fourth-order valence-corrected chi connectivity index (χ4v) is 2.65. The third kappa shape index (κ3) is 1.83.